The summed E-state index contributed by atoms with van der Waals surface area (Å²) in [6, 6.07) is 0. The first-order valence-corrected chi connectivity index (χ1v) is 8.16. The number of allylic oxidation sites excluding steroid dienone is 7. The highest BCUT2D eigenvalue weighted by atomic mass is 16.2. The Labute approximate surface area is 132 Å². The molecule has 0 aliphatic rings. The van der Waals surface area contributed by atoms with Crippen molar-refractivity contribution in [2.45, 2.75) is 73.1 Å². The van der Waals surface area contributed by atoms with E-state index in [-0.39, 0.29) is 6.61 Å². The second-order valence-electron chi connectivity index (χ2n) is 6.23. The summed E-state index contributed by atoms with van der Waals surface area (Å²) in [5.74, 6) is 0. The van der Waals surface area contributed by atoms with E-state index in [1.165, 1.54) is 28.7 Å². The van der Waals surface area contributed by atoms with Crippen molar-refractivity contribution < 1.29 is 5.11 Å². The Kier molecular flexibility index (Phi) is 12.0. The van der Waals surface area contributed by atoms with Crippen LogP contribution in [-0.2, 0) is 0 Å². The molecule has 120 valence electrons. The fourth-order valence-corrected chi connectivity index (χ4v) is 2.14. The molecule has 0 unspecified atom stereocenters. The lowest BCUT2D eigenvalue weighted by Crippen LogP contribution is -1.83. The molecule has 0 rings (SSSR count). The van der Waals surface area contributed by atoms with E-state index < -0.39 is 0 Å². The molecule has 0 amide bonds. The third-order valence-corrected chi connectivity index (χ3v) is 3.59. The molecule has 21 heavy (non-hydrogen) atoms. The van der Waals surface area contributed by atoms with Crippen LogP contribution < -0.4 is 0 Å². The van der Waals surface area contributed by atoms with Crippen LogP contribution in [0.15, 0.2) is 46.6 Å². The van der Waals surface area contributed by atoms with Crippen LogP contribution in [0.3, 0.4) is 0 Å². The topological polar surface area (TPSA) is 20.2 Å². The molecular weight excluding hydrogens is 256 g/mol. The summed E-state index contributed by atoms with van der Waals surface area (Å²) in [4.78, 5) is 0. The van der Waals surface area contributed by atoms with Crippen molar-refractivity contribution in [1.29, 1.82) is 0 Å². The third-order valence-electron chi connectivity index (χ3n) is 3.59. The monoisotopic (exact) mass is 290 g/mol. The largest absolute Gasteiger partial charge is 0.392 e. The van der Waals surface area contributed by atoms with Gasteiger partial charge in [0.05, 0.1) is 6.61 Å². The molecule has 0 aliphatic heterocycles. The smallest absolute Gasteiger partial charge is 0.0614 e. The molecule has 0 radical (unpaired) electrons. The van der Waals surface area contributed by atoms with Crippen molar-refractivity contribution in [2.75, 3.05) is 6.61 Å². The first-order chi connectivity index (χ1) is 9.95. The van der Waals surface area contributed by atoms with Crippen LogP contribution in [0.25, 0.3) is 0 Å². The van der Waals surface area contributed by atoms with Crippen molar-refractivity contribution in [3.8, 4) is 0 Å². The normalized spacial score (nSPS) is 13.5. The highest BCUT2D eigenvalue weighted by Crippen LogP contribution is 2.13. The maximum Gasteiger partial charge on any atom is 0.0614 e. The zero-order valence-electron chi connectivity index (χ0n) is 14.7. The van der Waals surface area contributed by atoms with E-state index in [1.807, 2.05) is 6.08 Å². The lowest BCUT2D eigenvalue weighted by molar-refractivity contribution is 0.341. The molecule has 1 N–H and O–H groups in total. The Morgan fingerprint density at radius 1 is 0.619 bits per heavy atom. The molecule has 0 aliphatic carbocycles. The van der Waals surface area contributed by atoms with Crippen molar-refractivity contribution in [3.05, 3.63) is 46.6 Å². The second-order valence-corrected chi connectivity index (χ2v) is 6.23. The van der Waals surface area contributed by atoms with E-state index in [0.717, 1.165) is 32.1 Å². The number of rotatable bonds is 10. The standard InChI is InChI=1S/C20H34O/c1-17(2)9-6-10-18(3)11-7-12-19(4)13-8-14-20(5)15-16-21/h9,11,13,15,21H,6-8,10,12,14,16H2,1-5H3/b18-11+,19-13?,20-15?. The van der Waals surface area contributed by atoms with Gasteiger partial charge in [0.25, 0.3) is 0 Å². The minimum absolute atomic E-state index is 0.158. The minimum atomic E-state index is 0.158. The van der Waals surface area contributed by atoms with Crippen molar-refractivity contribution in [2.24, 2.45) is 0 Å². The van der Waals surface area contributed by atoms with E-state index in [4.69, 9.17) is 5.11 Å². The van der Waals surface area contributed by atoms with Crippen LogP contribution in [0.5, 0.6) is 0 Å². The molecule has 0 saturated heterocycles. The maximum atomic E-state index is 8.80. The van der Waals surface area contributed by atoms with Gasteiger partial charge in [0.1, 0.15) is 0 Å². The summed E-state index contributed by atoms with van der Waals surface area (Å²) >= 11 is 0. The van der Waals surface area contributed by atoms with Gasteiger partial charge in [-0.3, -0.25) is 0 Å². The zero-order valence-corrected chi connectivity index (χ0v) is 14.7. The summed E-state index contributed by atoms with van der Waals surface area (Å²) in [5.41, 5.74) is 5.66. The van der Waals surface area contributed by atoms with Gasteiger partial charge in [-0.15, -0.1) is 0 Å². The van der Waals surface area contributed by atoms with E-state index in [1.54, 1.807) is 0 Å². The quantitative estimate of drug-likeness (QED) is 0.480. The maximum absolute atomic E-state index is 8.80. The molecule has 1 heteroatoms. The lowest BCUT2D eigenvalue weighted by Gasteiger charge is -2.02. The molecule has 0 spiro atoms. The van der Waals surface area contributed by atoms with Crippen LogP contribution >= 0.6 is 0 Å². The highest BCUT2D eigenvalue weighted by molar-refractivity contribution is 5.07. The first-order valence-electron chi connectivity index (χ1n) is 8.16. The molecule has 0 bridgehead atoms. The fraction of sp³-hybridized carbons (Fsp3) is 0.600. The summed E-state index contributed by atoms with van der Waals surface area (Å²) in [5, 5.41) is 8.80. The van der Waals surface area contributed by atoms with Crippen LogP contribution in [0.2, 0.25) is 0 Å². The predicted molar refractivity (Wildman–Crippen MR) is 95.5 cm³/mol. The minimum Gasteiger partial charge on any atom is -0.392 e. The molecule has 0 fully saturated rings. The Balaban J connectivity index is 3.93. The third kappa shape index (κ3) is 13.7. The van der Waals surface area contributed by atoms with Gasteiger partial charge in [0.15, 0.2) is 0 Å². The summed E-state index contributed by atoms with van der Waals surface area (Å²) in [6.07, 6.45) is 15.7. The van der Waals surface area contributed by atoms with E-state index in [0.29, 0.717) is 0 Å². The van der Waals surface area contributed by atoms with Crippen molar-refractivity contribution in [3.63, 3.8) is 0 Å². The Morgan fingerprint density at radius 2 is 1.00 bits per heavy atom. The van der Waals surface area contributed by atoms with Gasteiger partial charge in [-0.05, 0) is 73.1 Å². The van der Waals surface area contributed by atoms with Gasteiger partial charge >= 0.3 is 0 Å². The summed E-state index contributed by atoms with van der Waals surface area (Å²) in [6.45, 7) is 11.0. The van der Waals surface area contributed by atoms with Gasteiger partial charge in [-0.25, -0.2) is 0 Å². The molecule has 0 aromatic heterocycles. The van der Waals surface area contributed by atoms with Crippen LogP contribution in [0.4, 0.5) is 0 Å². The van der Waals surface area contributed by atoms with Gasteiger partial charge in [-0.2, -0.15) is 0 Å². The van der Waals surface area contributed by atoms with Gasteiger partial charge in [0, 0.05) is 0 Å². The Bertz CT molecular complexity index is 390. The molecular formula is C20H34O. The summed E-state index contributed by atoms with van der Waals surface area (Å²) < 4.78 is 0. The lowest BCUT2D eigenvalue weighted by atomic mass is 10.0. The van der Waals surface area contributed by atoms with Crippen LogP contribution in [0, 0.1) is 0 Å². The average molecular weight is 290 g/mol. The van der Waals surface area contributed by atoms with Gasteiger partial charge in [-0.1, -0.05) is 46.6 Å². The average Bonchev–Trinajstić information content (AvgIpc) is 2.38. The molecule has 0 aromatic carbocycles. The number of hydrogen-bond donors (Lipinski definition) is 1. The predicted octanol–water partition coefficient (Wildman–Crippen LogP) is 6.12. The van der Waals surface area contributed by atoms with E-state index in [9.17, 15) is 0 Å². The first kappa shape index (κ1) is 19.9. The highest BCUT2D eigenvalue weighted by Gasteiger charge is 1.93. The molecule has 1 nitrogen and oxygen atoms in total. The van der Waals surface area contributed by atoms with E-state index >= 15 is 0 Å². The Morgan fingerprint density at radius 3 is 1.38 bits per heavy atom. The number of aliphatic hydroxyl groups is 1. The van der Waals surface area contributed by atoms with Crippen LogP contribution in [0.1, 0.15) is 73.1 Å². The molecule has 0 atom stereocenters. The van der Waals surface area contributed by atoms with Gasteiger partial charge < -0.3 is 5.11 Å². The molecule has 0 aromatic rings. The number of aliphatic hydroxyl groups excluding tert-OH is 1. The molecule has 0 heterocycles. The molecule has 0 saturated carbocycles. The summed E-state index contributed by atoms with van der Waals surface area (Å²) in [7, 11) is 0. The Hall–Kier alpha value is -1.08. The fourth-order valence-electron chi connectivity index (χ4n) is 2.14. The second kappa shape index (κ2) is 12.6. The SMILES string of the molecule is CC(C)=CCC/C(C)=C/CCC(C)=CCCC(C)=CCO. The number of hydrogen-bond acceptors (Lipinski definition) is 1. The van der Waals surface area contributed by atoms with Crippen LogP contribution in [-0.4, -0.2) is 11.7 Å². The van der Waals surface area contributed by atoms with Gasteiger partial charge in [0.2, 0.25) is 0 Å². The van der Waals surface area contributed by atoms with Crippen molar-refractivity contribution >= 4 is 0 Å². The zero-order chi connectivity index (χ0) is 16.1. The van der Waals surface area contributed by atoms with E-state index in [2.05, 4.69) is 52.8 Å². The van der Waals surface area contributed by atoms with Crippen molar-refractivity contribution in [1.82, 2.24) is 0 Å².